The van der Waals surface area contributed by atoms with E-state index in [1.807, 2.05) is 0 Å². The molecular weight excluding hydrogens is 423 g/mol. The van der Waals surface area contributed by atoms with Gasteiger partial charge < -0.3 is 10.1 Å². The molecule has 2 atom stereocenters. The fourth-order valence-electron chi connectivity index (χ4n) is 2.51. The van der Waals surface area contributed by atoms with Gasteiger partial charge in [0.2, 0.25) is 15.9 Å². The zero-order chi connectivity index (χ0) is 21.6. The van der Waals surface area contributed by atoms with E-state index in [0.29, 0.717) is 10.6 Å². The number of halogens is 2. The topological polar surface area (TPSA) is 102 Å². The van der Waals surface area contributed by atoms with E-state index in [1.165, 1.54) is 26.2 Å². The Bertz CT molecular complexity index is 982. The summed E-state index contributed by atoms with van der Waals surface area (Å²) in [7, 11) is -3.05. The van der Waals surface area contributed by atoms with Crippen LogP contribution in [0.1, 0.15) is 24.9 Å². The Balaban J connectivity index is 2.16. The number of ether oxygens (including phenoxy) is 1. The van der Waals surface area contributed by atoms with Crippen LogP contribution in [-0.4, -0.2) is 33.4 Å². The maximum atomic E-state index is 13.8. The van der Waals surface area contributed by atoms with Gasteiger partial charge in [-0.05, 0) is 36.8 Å². The summed E-state index contributed by atoms with van der Waals surface area (Å²) in [6.45, 7) is 1.31. The number of carbonyl (C=O) groups is 2. The normalized spacial score (nSPS) is 13.4. The lowest BCUT2D eigenvalue weighted by atomic mass is 10.0. The van der Waals surface area contributed by atoms with Gasteiger partial charge in [-0.1, -0.05) is 35.9 Å². The molecule has 2 aromatic rings. The molecule has 0 bridgehead atoms. The largest absolute Gasteiger partial charge is 0.469 e. The van der Waals surface area contributed by atoms with Gasteiger partial charge in [-0.3, -0.25) is 9.59 Å². The Morgan fingerprint density at radius 1 is 1.14 bits per heavy atom. The molecular formula is C19H20ClFN2O5S. The number of carbonyl (C=O) groups excluding carboxylic acids is 2. The van der Waals surface area contributed by atoms with Crippen LogP contribution in [0, 0.1) is 5.82 Å². The van der Waals surface area contributed by atoms with Crippen LogP contribution >= 0.6 is 11.6 Å². The number of hydrogen-bond acceptors (Lipinski definition) is 5. The second kappa shape index (κ2) is 9.82. The fraction of sp³-hybridized carbons (Fsp3) is 0.263. The molecule has 7 nitrogen and oxygen atoms in total. The minimum absolute atomic E-state index is 0.170. The van der Waals surface area contributed by atoms with Crippen molar-refractivity contribution in [2.75, 3.05) is 7.11 Å². The molecule has 2 aromatic carbocycles. The number of methoxy groups -OCH3 is 1. The highest BCUT2D eigenvalue weighted by atomic mass is 35.5. The maximum Gasteiger partial charge on any atom is 0.307 e. The van der Waals surface area contributed by atoms with Gasteiger partial charge in [0.05, 0.1) is 25.6 Å². The number of benzene rings is 2. The number of esters is 1. The predicted molar refractivity (Wildman–Crippen MR) is 105 cm³/mol. The predicted octanol–water partition coefficient (Wildman–Crippen LogP) is 2.57. The molecule has 10 heteroatoms. The fourth-order valence-corrected chi connectivity index (χ4v) is 3.91. The Hall–Kier alpha value is -2.49. The quantitative estimate of drug-likeness (QED) is 0.612. The van der Waals surface area contributed by atoms with Crippen molar-refractivity contribution in [1.82, 2.24) is 10.0 Å². The van der Waals surface area contributed by atoms with Crippen LogP contribution in [0.2, 0.25) is 5.02 Å². The van der Waals surface area contributed by atoms with Crippen LogP contribution in [0.5, 0.6) is 0 Å². The summed E-state index contributed by atoms with van der Waals surface area (Å²) < 4.78 is 45.3. The highest BCUT2D eigenvalue weighted by Gasteiger charge is 2.27. The highest BCUT2D eigenvalue weighted by Crippen LogP contribution is 2.20. The molecule has 2 rings (SSSR count). The third-order valence-electron chi connectivity index (χ3n) is 4.04. The monoisotopic (exact) mass is 442 g/mol. The zero-order valence-electron chi connectivity index (χ0n) is 15.7. The zero-order valence-corrected chi connectivity index (χ0v) is 17.3. The molecule has 0 aromatic heterocycles. The molecule has 0 fully saturated rings. The lowest BCUT2D eigenvalue weighted by Gasteiger charge is -2.21. The molecule has 0 spiro atoms. The van der Waals surface area contributed by atoms with Crippen LogP contribution in [-0.2, 0) is 24.3 Å². The number of sulfonamides is 1. The second-order valence-corrected chi connectivity index (χ2v) is 8.29. The maximum absolute atomic E-state index is 13.8. The third-order valence-corrected chi connectivity index (χ3v) is 5.86. The summed E-state index contributed by atoms with van der Waals surface area (Å²) in [4.78, 5) is 23.7. The van der Waals surface area contributed by atoms with Crippen LogP contribution < -0.4 is 10.0 Å². The van der Waals surface area contributed by atoms with Crippen molar-refractivity contribution in [2.24, 2.45) is 0 Å². The van der Waals surface area contributed by atoms with Gasteiger partial charge in [0.25, 0.3) is 0 Å². The van der Waals surface area contributed by atoms with E-state index in [4.69, 9.17) is 11.6 Å². The molecule has 1 amide bonds. The minimum Gasteiger partial charge on any atom is -0.469 e. The van der Waals surface area contributed by atoms with Crippen molar-refractivity contribution >= 4 is 33.5 Å². The van der Waals surface area contributed by atoms with Crippen LogP contribution in [0.4, 0.5) is 4.39 Å². The van der Waals surface area contributed by atoms with E-state index in [9.17, 15) is 22.4 Å². The van der Waals surface area contributed by atoms with Crippen LogP contribution in [0.3, 0.4) is 0 Å². The van der Waals surface area contributed by atoms with Crippen LogP contribution in [0.15, 0.2) is 53.4 Å². The first kappa shape index (κ1) is 22.8. The number of amides is 1. The lowest BCUT2D eigenvalue weighted by molar-refractivity contribution is -0.141. The number of hydrogen-bond donors (Lipinski definition) is 2. The van der Waals surface area contributed by atoms with Crippen molar-refractivity contribution in [3.05, 3.63) is 64.9 Å². The average molecular weight is 443 g/mol. The molecule has 0 saturated carbocycles. The van der Waals surface area contributed by atoms with E-state index in [0.717, 1.165) is 12.1 Å². The summed E-state index contributed by atoms with van der Waals surface area (Å²) in [5, 5.41) is 3.08. The van der Waals surface area contributed by atoms with Crippen molar-refractivity contribution < 1.29 is 27.1 Å². The van der Waals surface area contributed by atoms with Gasteiger partial charge in [-0.25, -0.2) is 12.8 Å². The van der Waals surface area contributed by atoms with Crippen LogP contribution in [0.25, 0.3) is 0 Å². The second-order valence-electron chi connectivity index (χ2n) is 6.17. The van der Waals surface area contributed by atoms with Gasteiger partial charge in [0.15, 0.2) is 0 Å². The first-order valence-electron chi connectivity index (χ1n) is 8.53. The number of rotatable bonds is 8. The summed E-state index contributed by atoms with van der Waals surface area (Å²) in [6, 6.07) is 9.27. The van der Waals surface area contributed by atoms with Crippen molar-refractivity contribution in [3.8, 4) is 0 Å². The molecule has 1 unspecified atom stereocenters. The van der Waals surface area contributed by atoms with Gasteiger partial charge in [-0.2, -0.15) is 4.72 Å². The SMILES string of the molecule is COC(=O)CC(NC(=O)[C@H](C)NS(=O)(=O)c1ccccc1F)c1ccc(Cl)cc1. The molecule has 29 heavy (non-hydrogen) atoms. The third kappa shape index (κ3) is 6.25. The van der Waals surface area contributed by atoms with E-state index >= 15 is 0 Å². The summed E-state index contributed by atoms with van der Waals surface area (Å²) in [6.07, 6.45) is -0.170. The summed E-state index contributed by atoms with van der Waals surface area (Å²) in [5.74, 6) is -2.20. The Kier molecular flexibility index (Phi) is 7.72. The van der Waals surface area contributed by atoms with Gasteiger partial charge in [-0.15, -0.1) is 0 Å². The first-order chi connectivity index (χ1) is 13.6. The molecule has 0 radical (unpaired) electrons. The Labute approximate surface area is 173 Å². The van der Waals surface area contributed by atoms with Crippen molar-refractivity contribution in [3.63, 3.8) is 0 Å². The summed E-state index contributed by atoms with van der Waals surface area (Å²) in [5.41, 5.74) is 0.581. The van der Waals surface area contributed by atoms with Gasteiger partial charge in [0.1, 0.15) is 10.7 Å². The molecule has 0 aliphatic heterocycles. The Morgan fingerprint density at radius 3 is 2.34 bits per heavy atom. The van der Waals surface area contributed by atoms with E-state index in [-0.39, 0.29) is 6.42 Å². The molecule has 0 heterocycles. The summed E-state index contributed by atoms with van der Waals surface area (Å²) >= 11 is 5.86. The van der Waals surface area contributed by atoms with Crippen molar-refractivity contribution in [2.45, 2.75) is 30.3 Å². The van der Waals surface area contributed by atoms with Gasteiger partial charge >= 0.3 is 5.97 Å². The lowest BCUT2D eigenvalue weighted by Crippen LogP contribution is -2.46. The standard InChI is InChI=1S/C19H20ClFN2O5S/c1-12(23-29(26,27)17-6-4-3-5-15(17)21)19(25)22-16(11-18(24)28-2)13-7-9-14(20)10-8-13/h3-10,12,16,23H,11H2,1-2H3,(H,22,25)/t12-,16?/m0/s1. The molecule has 0 saturated heterocycles. The average Bonchev–Trinajstić information content (AvgIpc) is 2.67. The Morgan fingerprint density at radius 2 is 1.76 bits per heavy atom. The van der Waals surface area contributed by atoms with E-state index < -0.39 is 44.7 Å². The van der Waals surface area contributed by atoms with Gasteiger partial charge in [0, 0.05) is 5.02 Å². The van der Waals surface area contributed by atoms with Crippen molar-refractivity contribution in [1.29, 1.82) is 0 Å². The first-order valence-corrected chi connectivity index (χ1v) is 10.4. The smallest absolute Gasteiger partial charge is 0.307 e. The minimum atomic E-state index is -4.26. The highest BCUT2D eigenvalue weighted by molar-refractivity contribution is 7.89. The molecule has 0 aliphatic carbocycles. The van der Waals surface area contributed by atoms with E-state index in [1.54, 1.807) is 24.3 Å². The molecule has 2 N–H and O–H groups in total. The molecule has 156 valence electrons. The van der Waals surface area contributed by atoms with E-state index in [2.05, 4.69) is 14.8 Å². The number of nitrogens with one attached hydrogen (secondary N) is 2. The molecule has 0 aliphatic rings.